The van der Waals surface area contributed by atoms with Gasteiger partial charge in [0.2, 0.25) is 0 Å². The number of rotatable bonds is 5. The number of hydrogen-bond acceptors (Lipinski definition) is 6. The highest BCUT2D eigenvalue weighted by molar-refractivity contribution is 7.18. The number of ether oxygens (including phenoxy) is 1. The SMILES string of the molecule is O=C(COc1ccccc1O)N1CCN(Cc2nc3ccccc3s2)CC1. The van der Waals surface area contributed by atoms with Crippen molar-refractivity contribution in [1.82, 2.24) is 14.8 Å². The molecule has 0 unspecified atom stereocenters. The number of thiazole rings is 1. The van der Waals surface area contributed by atoms with Gasteiger partial charge in [0.15, 0.2) is 18.1 Å². The lowest BCUT2D eigenvalue weighted by atomic mass is 10.3. The third kappa shape index (κ3) is 4.20. The average molecular weight is 383 g/mol. The molecule has 0 saturated carbocycles. The van der Waals surface area contributed by atoms with E-state index in [-0.39, 0.29) is 18.3 Å². The van der Waals surface area contributed by atoms with Crippen LogP contribution in [0.25, 0.3) is 10.2 Å². The van der Waals surface area contributed by atoms with Crippen LogP contribution < -0.4 is 4.74 Å². The smallest absolute Gasteiger partial charge is 0.260 e. The molecule has 1 aliphatic heterocycles. The van der Waals surface area contributed by atoms with Crippen LogP contribution in [0.1, 0.15) is 5.01 Å². The highest BCUT2D eigenvalue weighted by Gasteiger charge is 2.22. The summed E-state index contributed by atoms with van der Waals surface area (Å²) in [6.45, 7) is 3.74. The Bertz CT molecular complexity index is 902. The van der Waals surface area contributed by atoms with Crippen molar-refractivity contribution in [3.8, 4) is 11.5 Å². The van der Waals surface area contributed by atoms with E-state index in [4.69, 9.17) is 4.74 Å². The summed E-state index contributed by atoms with van der Waals surface area (Å²) in [7, 11) is 0. The zero-order valence-electron chi connectivity index (χ0n) is 14.9. The first kappa shape index (κ1) is 17.8. The molecule has 140 valence electrons. The number of aromatic hydroxyl groups is 1. The number of nitrogens with zero attached hydrogens (tertiary/aromatic N) is 3. The van der Waals surface area contributed by atoms with Gasteiger partial charge in [0.1, 0.15) is 5.01 Å². The van der Waals surface area contributed by atoms with Crippen LogP contribution in [-0.2, 0) is 11.3 Å². The van der Waals surface area contributed by atoms with Gasteiger partial charge < -0.3 is 14.7 Å². The van der Waals surface area contributed by atoms with Gasteiger partial charge in [-0.05, 0) is 24.3 Å². The summed E-state index contributed by atoms with van der Waals surface area (Å²) in [5, 5.41) is 10.8. The van der Waals surface area contributed by atoms with Gasteiger partial charge in [-0.1, -0.05) is 24.3 Å². The molecule has 0 radical (unpaired) electrons. The van der Waals surface area contributed by atoms with Gasteiger partial charge in [0.25, 0.3) is 5.91 Å². The summed E-state index contributed by atoms with van der Waals surface area (Å²) in [5.74, 6) is 0.323. The van der Waals surface area contributed by atoms with Gasteiger partial charge in [-0.3, -0.25) is 9.69 Å². The van der Waals surface area contributed by atoms with Crippen LogP contribution in [0.15, 0.2) is 48.5 Å². The van der Waals surface area contributed by atoms with Crippen molar-refractivity contribution in [2.75, 3.05) is 32.8 Å². The molecular weight excluding hydrogens is 362 g/mol. The van der Waals surface area contributed by atoms with Crippen molar-refractivity contribution in [2.45, 2.75) is 6.54 Å². The van der Waals surface area contributed by atoms with Gasteiger partial charge >= 0.3 is 0 Å². The topological polar surface area (TPSA) is 65.9 Å². The molecule has 1 saturated heterocycles. The Morgan fingerprint density at radius 3 is 2.59 bits per heavy atom. The van der Waals surface area contributed by atoms with Gasteiger partial charge in [-0.25, -0.2) is 4.98 Å². The fraction of sp³-hybridized carbons (Fsp3) is 0.300. The molecule has 0 bridgehead atoms. The number of piperazine rings is 1. The van der Waals surface area contributed by atoms with Gasteiger partial charge in [0.05, 0.1) is 16.8 Å². The lowest BCUT2D eigenvalue weighted by Crippen LogP contribution is -2.49. The van der Waals surface area contributed by atoms with E-state index in [0.29, 0.717) is 18.8 Å². The lowest BCUT2D eigenvalue weighted by molar-refractivity contribution is -0.135. The maximum atomic E-state index is 12.4. The van der Waals surface area contributed by atoms with Crippen molar-refractivity contribution in [3.05, 3.63) is 53.5 Å². The molecule has 0 aliphatic carbocycles. The first-order chi connectivity index (χ1) is 13.2. The normalized spacial score (nSPS) is 15.2. The number of phenolic OH excluding ortho intramolecular Hbond substituents is 1. The van der Waals surface area contributed by atoms with Crippen LogP contribution >= 0.6 is 11.3 Å². The number of aromatic nitrogens is 1. The number of benzene rings is 2. The standard InChI is InChI=1S/C20H21N3O3S/c24-16-6-2-3-7-17(16)26-14-20(25)23-11-9-22(10-12-23)13-19-21-15-5-1-4-8-18(15)27-19/h1-8,24H,9-14H2. The number of fused-ring (bicyclic) bond motifs is 1. The summed E-state index contributed by atoms with van der Waals surface area (Å²) >= 11 is 1.73. The third-order valence-electron chi connectivity index (χ3n) is 4.64. The molecular formula is C20H21N3O3S. The van der Waals surface area contributed by atoms with Crippen LogP contribution in [0.2, 0.25) is 0 Å². The maximum Gasteiger partial charge on any atom is 0.260 e. The largest absolute Gasteiger partial charge is 0.504 e. The molecule has 1 N–H and O–H groups in total. The Labute approximate surface area is 161 Å². The van der Waals surface area contributed by atoms with Crippen molar-refractivity contribution < 1.29 is 14.6 Å². The zero-order valence-corrected chi connectivity index (χ0v) is 15.7. The number of carbonyl (C=O) groups excluding carboxylic acids is 1. The molecule has 6 nitrogen and oxygen atoms in total. The molecule has 2 heterocycles. The van der Waals surface area contributed by atoms with Crippen LogP contribution in [0.3, 0.4) is 0 Å². The van der Waals surface area contributed by atoms with Crippen LogP contribution in [0.5, 0.6) is 11.5 Å². The van der Waals surface area contributed by atoms with Gasteiger partial charge in [-0.2, -0.15) is 0 Å². The number of phenols is 1. The summed E-state index contributed by atoms with van der Waals surface area (Å²) in [6.07, 6.45) is 0. The Balaban J connectivity index is 1.27. The predicted molar refractivity (Wildman–Crippen MR) is 105 cm³/mol. The predicted octanol–water partition coefficient (Wildman–Crippen LogP) is 2.73. The van der Waals surface area contributed by atoms with Crippen LogP contribution in [0, 0.1) is 0 Å². The van der Waals surface area contributed by atoms with Crippen molar-refractivity contribution in [3.63, 3.8) is 0 Å². The Hall–Kier alpha value is -2.64. The quantitative estimate of drug-likeness (QED) is 0.734. The molecule has 1 fully saturated rings. The summed E-state index contributed by atoms with van der Waals surface area (Å²) in [6, 6.07) is 14.8. The molecule has 7 heteroatoms. The number of carbonyl (C=O) groups is 1. The van der Waals surface area contributed by atoms with Crippen molar-refractivity contribution in [2.24, 2.45) is 0 Å². The number of hydrogen-bond donors (Lipinski definition) is 1. The number of amides is 1. The minimum atomic E-state index is -0.0601. The first-order valence-electron chi connectivity index (χ1n) is 8.94. The van der Waals surface area contributed by atoms with E-state index in [1.165, 1.54) is 4.70 Å². The lowest BCUT2D eigenvalue weighted by Gasteiger charge is -2.34. The molecule has 2 aromatic carbocycles. The van der Waals surface area contributed by atoms with E-state index >= 15 is 0 Å². The van der Waals surface area contributed by atoms with Crippen LogP contribution in [-0.4, -0.2) is 58.6 Å². The van der Waals surface area contributed by atoms with Crippen molar-refractivity contribution in [1.29, 1.82) is 0 Å². The minimum absolute atomic E-state index is 0.0472. The average Bonchev–Trinajstić information content (AvgIpc) is 3.10. The molecule has 1 aromatic heterocycles. The highest BCUT2D eigenvalue weighted by Crippen LogP contribution is 2.25. The second-order valence-electron chi connectivity index (χ2n) is 6.49. The fourth-order valence-electron chi connectivity index (χ4n) is 3.14. The first-order valence-corrected chi connectivity index (χ1v) is 9.76. The fourth-order valence-corrected chi connectivity index (χ4v) is 4.15. The van der Waals surface area contributed by atoms with Gasteiger partial charge in [0, 0.05) is 26.2 Å². The van der Waals surface area contributed by atoms with Crippen LogP contribution in [0.4, 0.5) is 0 Å². The number of para-hydroxylation sites is 3. The second kappa shape index (κ2) is 7.94. The van der Waals surface area contributed by atoms with E-state index in [2.05, 4.69) is 16.0 Å². The minimum Gasteiger partial charge on any atom is -0.504 e. The molecule has 1 amide bonds. The molecule has 3 aromatic rings. The summed E-state index contributed by atoms with van der Waals surface area (Å²) < 4.78 is 6.66. The molecule has 27 heavy (non-hydrogen) atoms. The highest BCUT2D eigenvalue weighted by atomic mass is 32.1. The van der Waals surface area contributed by atoms with E-state index in [0.717, 1.165) is 30.2 Å². The summed E-state index contributed by atoms with van der Waals surface area (Å²) in [4.78, 5) is 21.2. The molecule has 4 rings (SSSR count). The molecule has 1 aliphatic rings. The van der Waals surface area contributed by atoms with Crippen molar-refractivity contribution >= 4 is 27.5 Å². The third-order valence-corrected chi connectivity index (χ3v) is 5.66. The van der Waals surface area contributed by atoms with E-state index in [1.807, 2.05) is 23.1 Å². The maximum absolute atomic E-state index is 12.4. The monoisotopic (exact) mass is 383 g/mol. The molecule has 0 atom stereocenters. The Morgan fingerprint density at radius 1 is 1.07 bits per heavy atom. The summed E-state index contributed by atoms with van der Waals surface area (Å²) in [5.41, 5.74) is 1.05. The second-order valence-corrected chi connectivity index (χ2v) is 7.60. The Morgan fingerprint density at radius 2 is 1.81 bits per heavy atom. The zero-order chi connectivity index (χ0) is 18.6. The van der Waals surface area contributed by atoms with Gasteiger partial charge in [-0.15, -0.1) is 11.3 Å². The van der Waals surface area contributed by atoms with E-state index in [9.17, 15) is 9.90 Å². The Kier molecular flexibility index (Phi) is 5.22. The van der Waals surface area contributed by atoms with E-state index in [1.54, 1.807) is 35.6 Å². The molecule has 0 spiro atoms. The van der Waals surface area contributed by atoms with E-state index < -0.39 is 0 Å².